The predicted molar refractivity (Wildman–Crippen MR) is 153 cm³/mol. The van der Waals surface area contributed by atoms with E-state index in [-0.39, 0.29) is 11.2 Å². The zero-order chi connectivity index (χ0) is 26.2. The summed E-state index contributed by atoms with van der Waals surface area (Å²) in [5.41, 5.74) is 7.71. The molecule has 3 nitrogen and oxygen atoms in total. The van der Waals surface area contributed by atoms with Crippen molar-refractivity contribution in [1.29, 1.82) is 0 Å². The van der Waals surface area contributed by atoms with Crippen LogP contribution in [0.2, 0.25) is 0 Å². The number of pyridine rings is 1. The van der Waals surface area contributed by atoms with E-state index in [1.54, 1.807) is 0 Å². The van der Waals surface area contributed by atoms with Gasteiger partial charge in [0.05, 0.1) is 16.7 Å². The zero-order valence-corrected chi connectivity index (χ0v) is 22.0. The SMILES string of the molecule is CCCCc1ccc(-c2cc(C(=O)c3ccc(C(C)(C)C)cc3)c3c(C=O)cc4ccccc4n23)cc1. The van der Waals surface area contributed by atoms with Gasteiger partial charge in [-0.05, 0) is 58.5 Å². The third kappa shape index (κ3) is 4.62. The van der Waals surface area contributed by atoms with Crippen LogP contribution in [0.3, 0.4) is 0 Å². The molecule has 186 valence electrons. The van der Waals surface area contributed by atoms with Crippen molar-refractivity contribution in [3.05, 3.63) is 113 Å². The summed E-state index contributed by atoms with van der Waals surface area (Å²) in [6.45, 7) is 8.68. The molecule has 0 aliphatic rings. The molecule has 0 atom stereocenters. The van der Waals surface area contributed by atoms with Gasteiger partial charge in [0.25, 0.3) is 0 Å². The molecule has 3 heteroatoms. The molecule has 0 unspecified atom stereocenters. The van der Waals surface area contributed by atoms with Gasteiger partial charge in [-0.2, -0.15) is 0 Å². The van der Waals surface area contributed by atoms with Crippen LogP contribution in [0.4, 0.5) is 0 Å². The number of fused-ring (bicyclic) bond motifs is 3. The van der Waals surface area contributed by atoms with Gasteiger partial charge in [-0.15, -0.1) is 0 Å². The van der Waals surface area contributed by atoms with Crippen LogP contribution < -0.4 is 0 Å². The first-order chi connectivity index (χ1) is 17.8. The quantitative estimate of drug-likeness (QED) is 0.171. The molecule has 37 heavy (non-hydrogen) atoms. The van der Waals surface area contributed by atoms with Gasteiger partial charge in [0, 0.05) is 16.7 Å². The lowest BCUT2D eigenvalue weighted by atomic mass is 9.86. The third-order valence-electron chi connectivity index (χ3n) is 7.22. The number of aldehydes is 1. The van der Waals surface area contributed by atoms with Crippen LogP contribution in [0.15, 0.2) is 84.9 Å². The highest BCUT2D eigenvalue weighted by Crippen LogP contribution is 2.34. The minimum Gasteiger partial charge on any atom is -0.308 e. The Morgan fingerprint density at radius 1 is 0.892 bits per heavy atom. The highest BCUT2D eigenvalue weighted by Gasteiger charge is 2.23. The van der Waals surface area contributed by atoms with Gasteiger partial charge >= 0.3 is 0 Å². The molecule has 0 saturated heterocycles. The molecule has 2 heterocycles. The predicted octanol–water partition coefficient (Wildman–Crippen LogP) is 8.44. The second kappa shape index (κ2) is 9.82. The molecule has 5 rings (SSSR count). The topological polar surface area (TPSA) is 38.5 Å². The maximum atomic E-state index is 13.9. The summed E-state index contributed by atoms with van der Waals surface area (Å²) in [6, 6.07) is 28.3. The maximum Gasteiger partial charge on any atom is 0.195 e. The highest BCUT2D eigenvalue weighted by atomic mass is 16.1. The molecule has 0 N–H and O–H groups in total. The Hall–Kier alpha value is -3.98. The van der Waals surface area contributed by atoms with Crippen LogP contribution in [0.25, 0.3) is 27.7 Å². The number of rotatable bonds is 7. The second-order valence-electron chi connectivity index (χ2n) is 10.9. The summed E-state index contributed by atoms with van der Waals surface area (Å²) in [5, 5.41) is 0.960. The van der Waals surface area contributed by atoms with E-state index in [0.29, 0.717) is 22.2 Å². The Morgan fingerprint density at radius 3 is 2.24 bits per heavy atom. The van der Waals surface area contributed by atoms with Gasteiger partial charge in [0.1, 0.15) is 0 Å². The van der Waals surface area contributed by atoms with E-state index in [1.165, 1.54) is 11.1 Å². The molecule has 0 spiro atoms. The molecule has 0 radical (unpaired) electrons. The fourth-order valence-corrected chi connectivity index (χ4v) is 5.07. The molecule has 0 amide bonds. The first-order valence-electron chi connectivity index (χ1n) is 13.1. The molecule has 0 aliphatic heterocycles. The Labute approximate surface area is 218 Å². The van der Waals surface area contributed by atoms with Crippen LogP contribution in [-0.2, 0) is 11.8 Å². The smallest absolute Gasteiger partial charge is 0.195 e. The van der Waals surface area contributed by atoms with E-state index in [9.17, 15) is 9.59 Å². The van der Waals surface area contributed by atoms with Crippen LogP contribution in [0.1, 0.15) is 77.9 Å². The summed E-state index contributed by atoms with van der Waals surface area (Å²) in [7, 11) is 0. The van der Waals surface area contributed by atoms with Crippen LogP contribution in [0, 0.1) is 0 Å². The molecule has 0 saturated carbocycles. The average molecular weight is 488 g/mol. The van der Waals surface area contributed by atoms with E-state index < -0.39 is 0 Å². The number of carbonyl (C=O) groups excluding carboxylic acids is 2. The van der Waals surface area contributed by atoms with Gasteiger partial charge in [-0.1, -0.05) is 101 Å². The Morgan fingerprint density at radius 2 is 1.59 bits per heavy atom. The highest BCUT2D eigenvalue weighted by molar-refractivity contribution is 6.17. The number of benzene rings is 3. The number of para-hydroxylation sites is 1. The maximum absolute atomic E-state index is 13.9. The summed E-state index contributed by atoms with van der Waals surface area (Å²) in [5.74, 6) is -0.0813. The van der Waals surface area contributed by atoms with Crippen molar-refractivity contribution in [1.82, 2.24) is 4.40 Å². The minimum absolute atomic E-state index is 0.00446. The zero-order valence-electron chi connectivity index (χ0n) is 22.0. The summed E-state index contributed by atoms with van der Waals surface area (Å²) < 4.78 is 2.08. The summed E-state index contributed by atoms with van der Waals surface area (Å²) >= 11 is 0. The minimum atomic E-state index is -0.0813. The van der Waals surface area contributed by atoms with E-state index >= 15 is 0 Å². The van der Waals surface area contributed by atoms with Crippen molar-refractivity contribution in [2.75, 3.05) is 0 Å². The number of hydrogen-bond acceptors (Lipinski definition) is 2. The summed E-state index contributed by atoms with van der Waals surface area (Å²) in [4.78, 5) is 26.2. The van der Waals surface area contributed by atoms with Crippen molar-refractivity contribution in [3.63, 3.8) is 0 Å². The van der Waals surface area contributed by atoms with E-state index in [2.05, 4.69) is 56.4 Å². The number of hydrogen-bond donors (Lipinski definition) is 0. The lowest BCUT2D eigenvalue weighted by Crippen LogP contribution is -2.11. The Kier molecular flexibility index (Phi) is 6.55. The average Bonchev–Trinajstić information content (AvgIpc) is 3.32. The standard InChI is InChI=1S/C34H33NO2/c1-5-6-9-23-12-14-24(15-13-23)31-21-29(33(37)25-16-18-28(19-17-25)34(2,3)4)32-27(22-36)20-26-10-7-8-11-30(26)35(31)32/h7-8,10-22H,5-6,9H2,1-4H3. The fourth-order valence-electron chi connectivity index (χ4n) is 5.07. The van der Waals surface area contributed by atoms with Crippen LogP contribution >= 0.6 is 0 Å². The first kappa shape index (κ1) is 24.7. The van der Waals surface area contributed by atoms with Crippen LogP contribution in [-0.4, -0.2) is 16.5 Å². The van der Waals surface area contributed by atoms with Crippen molar-refractivity contribution in [3.8, 4) is 11.3 Å². The Balaban J connectivity index is 1.73. The molecule has 0 bridgehead atoms. The van der Waals surface area contributed by atoms with Crippen molar-refractivity contribution < 1.29 is 9.59 Å². The number of aryl methyl sites for hydroxylation is 1. The molecule has 0 aliphatic carbocycles. The molecule has 5 aromatic rings. The van der Waals surface area contributed by atoms with E-state index in [1.807, 2.05) is 60.7 Å². The molecular weight excluding hydrogens is 454 g/mol. The number of aromatic nitrogens is 1. The van der Waals surface area contributed by atoms with Crippen molar-refractivity contribution in [2.45, 2.75) is 52.4 Å². The van der Waals surface area contributed by atoms with Crippen molar-refractivity contribution in [2.24, 2.45) is 0 Å². The van der Waals surface area contributed by atoms with Gasteiger partial charge in [-0.25, -0.2) is 0 Å². The van der Waals surface area contributed by atoms with Gasteiger partial charge in [0.2, 0.25) is 0 Å². The van der Waals surface area contributed by atoms with Crippen LogP contribution in [0.5, 0.6) is 0 Å². The fraction of sp³-hybridized carbons (Fsp3) is 0.235. The molecule has 3 aromatic carbocycles. The van der Waals surface area contributed by atoms with Gasteiger partial charge < -0.3 is 4.40 Å². The number of nitrogens with zero attached hydrogens (tertiary/aromatic N) is 1. The number of ketones is 1. The largest absolute Gasteiger partial charge is 0.308 e. The van der Waals surface area contributed by atoms with Gasteiger partial charge in [-0.3, -0.25) is 9.59 Å². The van der Waals surface area contributed by atoms with Gasteiger partial charge in [0.15, 0.2) is 12.1 Å². The lowest BCUT2D eigenvalue weighted by molar-refractivity contribution is 0.104. The molecular formula is C34H33NO2. The number of carbonyl (C=O) groups is 2. The van der Waals surface area contributed by atoms with E-state index in [4.69, 9.17) is 0 Å². The lowest BCUT2D eigenvalue weighted by Gasteiger charge is -2.19. The number of unbranched alkanes of at least 4 members (excludes halogenated alkanes) is 1. The van der Waals surface area contributed by atoms with E-state index in [0.717, 1.165) is 47.7 Å². The third-order valence-corrected chi connectivity index (χ3v) is 7.22. The first-order valence-corrected chi connectivity index (χ1v) is 13.1. The molecule has 2 aromatic heterocycles. The Bertz CT molecular complexity index is 1600. The van der Waals surface area contributed by atoms with Crippen molar-refractivity contribution >= 4 is 28.5 Å². The summed E-state index contributed by atoms with van der Waals surface area (Å²) in [6.07, 6.45) is 4.23. The second-order valence-corrected chi connectivity index (χ2v) is 10.9. The normalized spacial score (nSPS) is 11.8. The molecule has 0 fully saturated rings. The monoisotopic (exact) mass is 487 g/mol.